The molecule has 0 amide bonds. The van der Waals surface area contributed by atoms with Crippen molar-refractivity contribution in [3.8, 4) is 0 Å². The van der Waals surface area contributed by atoms with Gasteiger partial charge < -0.3 is 9.73 Å². The van der Waals surface area contributed by atoms with Gasteiger partial charge in [0.2, 0.25) is 0 Å². The van der Waals surface area contributed by atoms with Crippen LogP contribution in [0.1, 0.15) is 31.1 Å². The molecule has 1 aromatic rings. The summed E-state index contributed by atoms with van der Waals surface area (Å²) < 4.78 is 5.20. The fraction of sp³-hybridized carbons (Fsp3) is 0.625. The normalized spacial score (nSPS) is 25.3. The monoisotopic (exact) mass is 152 g/mol. The van der Waals surface area contributed by atoms with Gasteiger partial charge in [-0.05, 0) is 19.4 Å². The first-order chi connectivity index (χ1) is 5.47. The van der Waals surface area contributed by atoms with Crippen LogP contribution >= 0.6 is 0 Å². The number of hydrogen-bond acceptors (Lipinski definition) is 3. The van der Waals surface area contributed by atoms with E-state index in [2.05, 4.69) is 10.3 Å². The Morgan fingerprint density at radius 3 is 3.18 bits per heavy atom. The van der Waals surface area contributed by atoms with Gasteiger partial charge in [0.1, 0.15) is 5.76 Å². The van der Waals surface area contributed by atoms with Crippen molar-refractivity contribution >= 4 is 0 Å². The van der Waals surface area contributed by atoms with Gasteiger partial charge >= 0.3 is 0 Å². The molecule has 0 spiro atoms. The van der Waals surface area contributed by atoms with E-state index in [1.165, 1.54) is 25.7 Å². The molecule has 1 aliphatic rings. The molecule has 3 heteroatoms. The standard InChI is InChI=1S/C8H12N2O/c1-2-4-10-7(3-1)8-5-9-6-11-8/h5-7,10H,1-4H2/t7-/m1/s1. The molecule has 0 aliphatic carbocycles. The first-order valence-corrected chi connectivity index (χ1v) is 4.08. The number of piperidine rings is 1. The Morgan fingerprint density at radius 1 is 1.55 bits per heavy atom. The van der Waals surface area contributed by atoms with Crippen molar-refractivity contribution in [3.63, 3.8) is 0 Å². The second-order valence-electron chi connectivity index (χ2n) is 2.91. The molecule has 1 atom stereocenters. The van der Waals surface area contributed by atoms with Crippen LogP contribution < -0.4 is 5.32 Å². The van der Waals surface area contributed by atoms with E-state index in [1.807, 2.05) is 0 Å². The number of nitrogens with one attached hydrogen (secondary N) is 1. The van der Waals surface area contributed by atoms with Gasteiger partial charge in [-0.3, -0.25) is 0 Å². The third-order valence-corrected chi connectivity index (χ3v) is 2.11. The Labute approximate surface area is 65.8 Å². The van der Waals surface area contributed by atoms with Crippen LogP contribution in [-0.4, -0.2) is 11.5 Å². The van der Waals surface area contributed by atoms with Gasteiger partial charge in [0.15, 0.2) is 6.39 Å². The molecule has 11 heavy (non-hydrogen) atoms. The van der Waals surface area contributed by atoms with E-state index in [-0.39, 0.29) is 0 Å². The fourth-order valence-corrected chi connectivity index (χ4v) is 1.49. The lowest BCUT2D eigenvalue weighted by atomic mass is 10.0. The number of nitrogens with zero attached hydrogens (tertiary/aromatic N) is 1. The Kier molecular flexibility index (Phi) is 1.90. The first kappa shape index (κ1) is 6.85. The number of aromatic nitrogens is 1. The summed E-state index contributed by atoms with van der Waals surface area (Å²) in [6, 6.07) is 0.409. The van der Waals surface area contributed by atoms with E-state index in [0.29, 0.717) is 6.04 Å². The van der Waals surface area contributed by atoms with E-state index in [0.717, 1.165) is 12.3 Å². The van der Waals surface area contributed by atoms with Crippen LogP contribution in [0.15, 0.2) is 17.0 Å². The molecule has 1 N–H and O–H groups in total. The van der Waals surface area contributed by atoms with Gasteiger partial charge in [-0.1, -0.05) is 6.42 Å². The number of oxazole rings is 1. The van der Waals surface area contributed by atoms with Crippen LogP contribution in [0.3, 0.4) is 0 Å². The minimum absolute atomic E-state index is 0.409. The lowest BCUT2D eigenvalue weighted by Crippen LogP contribution is -2.26. The van der Waals surface area contributed by atoms with Crippen molar-refractivity contribution in [1.29, 1.82) is 0 Å². The topological polar surface area (TPSA) is 38.1 Å². The summed E-state index contributed by atoms with van der Waals surface area (Å²) in [6.45, 7) is 1.10. The average Bonchev–Trinajstić information content (AvgIpc) is 2.58. The molecule has 0 aromatic carbocycles. The summed E-state index contributed by atoms with van der Waals surface area (Å²) in [4.78, 5) is 3.89. The first-order valence-electron chi connectivity index (χ1n) is 4.08. The fourth-order valence-electron chi connectivity index (χ4n) is 1.49. The van der Waals surface area contributed by atoms with E-state index in [9.17, 15) is 0 Å². The lowest BCUT2D eigenvalue weighted by molar-refractivity contribution is 0.349. The van der Waals surface area contributed by atoms with E-state index >= 15 is 0 Å². The zero-order valence-corrected chi connectivity index (χ0v) is 6.42. The van der Waals surface area contributed by atoms with E-state index < -0.39 is 0 Å². The summed E-state index contributed by atoms with van der Waals surface area (Å²) in [7, 11) is 0. The summed E-state index contributed by atoms with van der Waals surface area (Å²) in [5.74, 6) is 0.977. The average molecular weight is 152 g/mol. The quantitative estimate of drug-likeness (QED) is 0.662. The SMILES string of the molecule is c1ncc([C@H]2CCCCN2)o1. The van der Waals surface area contributed by atoms with Crippen molar-refractivity contribution < 1.29 is 4.42 Å². The zero-order valence-electron chi connectivity index (χ0n) is 6.42. The number of hydrogen-bond donors (Lipinski definition) is 1. The van der Waals surface area contributed by atoms with Crippen molar-refractivity contribution in [2.45, 2.75) is 25.3 Å². The second kappa shape index (κ2) is 3.05. The summed E-state index contributed by atoms with van der Waals surface area (Å²) in [6.07, 6.45) is 7.03. The molecule has 0 bridgehead atoms. The highest BCUT2D eigenvalue weighted by Gasteiger charge is 2.16. The second-order valence-corrected chi connectivity index (χ2v) is 2.91. The maximum atomic E-state index is 5.20. The molecule has 2 rings (SSSR count). The Morgan fingerprint density at radius 2 is 2.55 bits per heavy atom. The largest absolute Gasteiger partial charge is 0.447 e. The molecule has 1 fully saturated rings. The molecule has 1 saturated heterocycles. The molecule has 1 aliphatic heterocycles. The Hall–Kier alpha value is -0.830. The third kappa shape index (κ3) is 1.43. The zero-order chi connectivity index (χ0) is 7.52. The molecule has 0 radical (unpaired) electrons. The van der Waals surface area contributed by atoms with Crippen molar-refractivity contribution in [3.05, 3.63) is 18.4 Å². The third-order valence-electron chi connectivity index (χ3n) is 2.11. The lowest BCUT2D eigenvalue weighted by Gasteiger charge is -2.20. The van der Waals surface area contributed by atoms with E-state index in [1.54, 1.807) is 6.20 Å². The molecular formula is C8H12N2O. The maximum Gasteiger partial charge on any atom is 0.180 e. The molecular weight excluding hydrogens is 140 g/mol. The van der Waals surface area contributed by atoms with Crippen molar-refractivity contribution in [2.75, 3.05) is 6.54 Å². The minimum Gasteiger partial charge on any atom is -0.447 e. The highest BCUT2D eigenvalue weighted by atomic mass is 16.3. The maximum absolute atomic E-state index is 5.20. The summed E-state index contributed by atoms with van der Waals surface area (Å²) in [5, 5.41) is 3.39. The molecule has 60 valence electrons. The highest BCUT2D eigenvalue weighted by molar-refractivity contribution is 4.98. The predicted octanol–water partition coefficient (Wildman–Crippen LogP) is 1.49. The van der Waals surface area contributed by atoms with Crippen LogP contribution in [0, 0.1) is 0 Å². The van der Waals surface area contributed by atoms with Gasteiger partial charge in [0, 0.05) is 0 Å². The summed E-state index contributed by atoms with van der Waals surface area (Å²) >= 11 is 0. The minimum atomic E-state index is 0.409. The molecule has 2 heterocycles. The molecule has 3 nitrogen and oxygen atoms in total. The van der Waals surface area contributed by atoms with Crippen LogP contribution in [0.4, 0.5) is 0 Å². The number of rotatable bonds is 1. The smallest absolute Gasteiger partial charge is 0.180 e. The van der Waals surface area contributed by atoms with Gasteiger partial charge in [0.25, 0.3) is 0 Å². The van der Waals surface area contributed by atoms with Crippen LogP contribution in [0.5, 0.6) is 0 Å². The molecule has 0 unspecified atom stereocenters. The van der Waals surface area contributed by atoms with Gasteiger partial charge in [-0.25, -0.2) is 4.98 Å². The Bertz CT molecular complexity index is 202. The van der Waals surface area contributed by atoms with Crippen LogP contribution in [-0.2, 0) is 0 Å². The van der Waals surface area contributed by atoms with E-state index in [4.69, 9.17) is 4.42 Å². The van der Waals surface area contributed by atoms with Crippen LogP contribution in [0.2, 0.25) is 0 Å². The molecule has 1 aromatic heterocycles. The summed E-state index contributed by atoms with van der Waals surface area (Å²) in [5.41, 5.74) is 0. The van der Waals surface area contributed by atoms with Gasteiger partial charge in [0.05, 0.1) is 12.2 Å². The van der Waals surface area contributed by atoms with Crippen molar-refractivity contribution in [1.82, 2.24) is 10.3 Å². The van der Waals surface area contributed by atoms with Crippen LogP contribution in [0.25, 0.3) is 0 Å². The van der Waals surface area contributed by atoms with Crippen molar-refractivity contribution in [2.24, 2.45) is 0 Å². The highest BCUT2D eigenvalue weighted by Crippen LogP contribution is 2.21. The van der Waals surface area contributed by atoms with Gasteiger partial charge in [-0.15, -0.1) is 0 Å². The molecule has 0 saturated carbocycles. The Balaban J connectivity index is 2.04. The van der Waals surface area contributed by atoms with Gasteiger partial charge in [-0.2, -0.15) is 0 Å². The predicted molar refractivity (Wildman–Crippen MR) is 41.1 cm³/mol.